The number of halogens is 2. The second-order valence-electron chi connectivity index (χ2n) is 6.41. The lowest BCUT2D eigenvalue weighted by Gasteiger charge is -2.21. The number of amides is 1. The number of carbonyl (C=O) groups is 1. The molecule has 1 aromatic heterocycles. The van der Waals surface area contributed by atoms with E-state index in [0.717, 1.165) is 14.0 Å². The largest absolute Gasteiger partial charge is 0.369 e. The van der Waals surface area contributed by atoms with Crippen LogP contribution in [0.25, 0.3) is 5.70 Å². The van der Waals surface area contributed by atoms with E-state index in [1.807, 2.05) is 48.5 Å². The number of rotatable bonds is 5. The lowest BCUT2D eigenvalue weighted by molar-refractivity contribution is 0.0137. The molecule has 2 aromatic carbocycles. The quantitative estimate of drug-likeness (QED) is 0.421. The Labute approximate surface area is 185 Å². The summed E-state index contributed by atoms with van der Waals surface area (Å²) >= 11 is 9.65. The van der Waals surface area contributed by atoms with Gasteiger partial charge in [0.1, 0.15) is 0 Å². The van der Waals surface area contributed by atoms with Gasteiger partial charge in [-0.3, -0.25) is 4.79 Å². The summed E-state index contributed by atoms with van der Waals surface area (Å²) in [6.45, 7) is 4.39. The van der Waals surface area contributed by atoms with E-state index in [-0.39, 0.29) is 5.91 Å². The number of benzene rings is 2. The second-order valence-corrected chi connectivity index (χ2v) is 9.37. The van der Waals surface area contributed by atoms with Crippen LogP contribution in [0.4, 0.5) is 5.69 Å². The smallest absolute Gasteiger partial charge is 0.259 e. The SMILES string of the molecule is C=C(Nc1cccc2c1C(=O)N(Cc1cccc(I)c1)C2O)c1ccc(Cl)s1. The normalized spacial score (nSPS) is 15.6. The molecule has 1 amide bonds. The first-order valence-electron chi connectivity index (χ1n) is 8.52. The van der Waals surface area contributed by atoms with E-state index in [2.05, 4.69) is 34.5 Å². The summed E-state index contributed by atoms with van der Waals surface area (Å²) in [5.41, 5.74) is 3.33. The zero-order chi connectivity index (χ0) is 19.8. The fraction of sp³-hybridized carbons (Fsp3) is 0.0952. The van der Waals surface area contributed by atoms with Crippen molar-refractivity contribution in [3.05, 3.63) is 90.7 Å². The third-order valence-corrected chi connectivity index (χ3v) is 6.50. The van der Waals surface area contributed by atoms with Crippen LogP contribution in [0.3, 0.4) is 0 Å². The van der Waals surface area contributed by atoms with Crippen molar-refractivity contribution in [3.8, 4) is 0 Å². The molecule has 0 saturated carbocycles. The van der Waals surface area contributed by atoms with Gasteiger partial charge in [-0.25, -0.2) is 0 Å². The molecule has 3 aromatic rings. The number of nitrogens with one attached hydrogen (secondary N) is 1. The summed E-state index contributed by atoms with van der Waals surface area (Å²) in [5, 5.41) is 14.0. The predicted molar refractivity (Wildman–Crippen MR) is 122 cm³/mol. The maximum Gasteiger partial charge on any atom is 0.259 e. The zero-order valence-electron chi connectivity index (χ0n) is 14.7. The molecule has 0 fully saturated rings. The molecular formula is C21H16ClIN2O2S. The Morgan fingerprint density at radius 1 is 1.25 bits per heavy atom. The molecular weight excluding hydrogens is 507 g/mol. The topological polar surface area (TPSA) is 52.6 Å². The van der Waals surface area contributed by atoms with E-state index in [0.29, 0.717) is 33.4 Å². The number of thiophene rings is 1. The Balaban J connectivity index is 1.62. The van der Waals surface area contributed by atoms with Crippen LogP contribution in [-0.4, -0.2) is 15.9 Å². The number of hydrogen-bond donors (Lipinski definition) is 2. The highest BCUT2D eigenvalue weighted by molar-refractivity contribution is 14.1. The molecule has 0 saturated heterocycles. The summed E-state index contributed by atoms with van der Waals surface area (Å²) in [5.74, 6) is -0.207. The fourth-order valence-corrected chi connectivity index (χ4v) is 4.82. The third-order valence-electron chi connectivity index (χ3n) is 4.54. The molecule has 4 nitrogen and oxygen atoms in total. The number of fused-ring (bicyclic) bond motifs is 1. The van der Waals surface area contributed by atoms with Crippen LogP contribution in [0.2, 0.25) is 4.34 Å². The first-order chi connectivity index (χ1) is 13.4. The van der Waals surface area contributed by atoms with Gasteiger partial charge in [0.25, 0.3) is 5.91 Å². The van der Waals surface area contributed by atoms with Crippen LogP contribution in [0.5, 0.6) is 0 Å². The summed E-state index contributed by atoms with van der Waals surface area (Å²) in [6.07, 6.45) is -0.980. The highest BCUT2D eigenvalue weighted by Gasteiger charge is 2.37. The number of carbonyl (C=O) groups excluding carboxylic acids is 1. The van der Waals surface area contributed by atoms with Crippen molar-refractivity contribution in [1.29, 1.82) is 0 Å². The molecule has 1 aliphatic rings. The van der Waals surface area contributed by atoms with Crippen LogP contribution >= 0.6 is 45.5 Å². The molecule has 142 valence electrons. The van der Waals surface area contributed by atoms with E-state index in [4.69, 9.17) is 11.6 Å². The lowest BCUT2D eigenvalue weighted by atomic mass is 10.1. The summed E-state index contributed by atoms with van der Waals surface area (Å²) < 4.78 is 1.76. The standard InChI is InChI=1S/C21H16ClIN2O2S/c1-12(17-8-9-18(22)28-17)24-16-7-3-6-15-19(16)21(27)25(20(15)26)11-13-4-2-5-14(23)10-13/h2-10,20,24,26H,1,11H2. The van der Waals surface area contributed by atoms with Gasteiger partial charge in [0.15, 0.2) is 6.23 Å². The van der Waals surface area contributed by atoms with Crippen molar-refractivity contribution in [3.63, 3.8) is 0 Å². The van der Waals surface area contributed by atoms with Gasteiger partial charge in [0, 0.05) is 21.4 Å². The van der Waals surface area contributed by atoms with Crippen molar-refractivity contribution in [1.82, 2.24) is 4.90 Å². The highest BCUT2D eigenvalue weighted by Crippen LogP contribution is 2.38. The highest BCUT2D eigenvalue weighted by atomic mass is 127. The molecule has 28 heavy (non-hydrogen) atoms. The molecule has 2 heterocycles. The second kappa shape index (κ2) is 7.87. The molecule has 1 aliphatic heterocycles. The number of aliphatic hydroxyl groups excluding tert-OH is 1. The molecule has 2 N–H and O–H groups in total. The minimum Gasteiger partial charge on any atom is -0.369 e. The molecule has 7 heteroatoms. The summed E-state index contributed by atoms with van der Waals surface area (Å²) in [4.78, 5) is 15.5. The van der Waals surface area contributed by atoms with Gasteiger partial charge < -0.3 is 15.3 Å². The molecule has 0 bridgehead atoms. The molecule has 0 radical (unpaired) electrons. The van der Waals surface area contributed by atoms with Gasteiger partial charge in [0.2, 0.25) is 0 Å². The van der Waals surface area contributed by atoms with Crippen molar-refractivity contribution in [2.24, 2.45) is 0 Å². The molecule has 4 rings (SSSR count). The zero-order valence-corrected chi connectivity index (χ0v) is 18.4. The average molecular weight is 523 g/mol. The Morgan fingerprint density at radius 2 is 2.04 bits per heavy atom. The van der Waals surface area contributed by atoms with Gasteiger partial charge in [-0.2, -0.15) is 0 Å². The van der Waals surface area contributed by atoms with Crippen LogP contribution in [0.15, 0.2) is 61.2 Å². The monoisotopic (exact) mass is 522 g/mol. The molecule has 0 spiro atoms. The van der Waals surface area contributed by atoms with Crippen LogP contribution in [-0.2, 0) is 6.54 Å². The minimum absolute atomic E-state index is 0.207. The first-order valence-corrected chi connectivity index (χ1v) is 10.8. The Kier molecular flexibility index (Phi) is 5.46. The van der Waals surface area contributed by atoms with Crippen molar-refractivity contribution in [2.75, 3.05) is 5.32 Å². The predicted octanol–water partition coefficient (Wildman–Crippen LogP) is 5.74. The number of anilines is 1. The Hall–Kier alpha value is -1.87. The maximum absolute atomic E-state index is 13.1. The first kappa shape index (κ1) is 19.4. The van der Waals surface area contributed by atoms with Crippen LogP contribution in [0, 0.1) is 3.57 Å². The van der Waals surface area contributed by atoms with Crippen molar-refractivity contribution in [2.45, 2.75) is 12.8 Å². The Bertz CT molecular complexity index is 1080. The van der Waals surface area contributed by atoms with E-state index >= 15 is 0 Å². The molecule has 1 atom stereocenters. The van der Waals surface area contributed by atoms with Gasteiger partial charge in [-0.05, 0) is 58.5 Å². The Morgan fingerprint density at radius 3 is 2.75 bits per heavy atom. The summed E-state index contributed by atoms with van der Waals surface area (Å²) in [6, 6.07) is 17.0. The van der Waals surface area contributed by atoms with Gasteiger partial charge in [0.05, 0.1) is 20.5 Å². The average Bonchev–Trinajstić information content (AvgIpc) is 3.20. The van der Waals surface area contributed by atoms with Gasteiger partial charge >= 0.3 is 0 Å². The van der Waals surface area contributed by atoms with Gasteiger partial charge in [-0.1, -0.05) is 42.4 Å². The summed E-state index contributed by atoms with van der Waals surface area (Å²) in [7, 11) is 0. The number of nitrogens with zero attached hydrogens (tertiary/aromatic N) is 1. The van der Waals surface area contributed by atoms with Crippen LogP contribution < -0.4 is 5.32 Å². The minimum atomic E-state index is -0.980. The van der Waals surface area contributed by atoms with E-state index in [1.54, 1.807) is 6.07 Å². The fourth-order valence-electron chi connectivity index (χ4n) is 3.24. The van der Waals surface area contributed by atoms with Crippen molar-refractivity contribution >= 4 is 62.8 Å². The molecule has 1 unspecified atom stereocenters. The third kappa shape index (κ3) is 3.69. The maximum atomic E-state index is 13.1. The van der Waals surface area contributed by atoms with E-state index in [1.165, 1.54) is 16.2 Å². The van der Waals surface area contributed by atoms with E-state index < -0.39 is 6.23 Å². The lowest BCUT2D eigenvalue weighted by Crippen LogP contribution is -2.27. The van der Waals surface area contributed by atoms with Crippen molar-refractivity contribution < 1.29 is 9.90 Å². The number of aliphatic hydroxyl groups is 1. The number of hydrogen-bond acceptors (Lipinski definition) is 4. The molecule has 0 aliphatic carbocycles. The van der Waals surface area contributed by atoms with Crippen LogP contribution in [0.1, 0.15) is 32.6 Å². The van der Waals surface area contributed by atoms with E-state index in [9.17, 15) is 9.90 Å². The van der Waals surface area contributed by atoms with Gasteiger partial charge in [-0.15, -0.1) is 11.3 Å².